The van der Waals surface area contributed by atoms with Gasteiger partial charge in [0.2, 0.25) is 0 Å². The molecule has 0 saturated carbocycles. The number of rotatable bonds is 8. The van der Waals surface area contributed by atoms with Crippen molar-refractivity contribution in [3.8, 4) is 0 Å². The Morgan fingerprint density at radius 3 is 1.38 bits per heavy atom. The lowest BCUT2D eigenvalue weighted by Crippen LogP contribution is -2.46. The molecule has 0 spiro atoms. The minimum Gasteiger partial charge on any atom is -0.296 e. The van der Waals surface area contributed by atoms with Crippen molar-refractivity contribution >= 4 is 29.0 Å². The molecule has 0 heterocycles. The van der Waals surface area contributed by atoms with Crippen LogP contribution in [0.2, 0.25) is 0 Å². The van der Waals surface area contributed by atoms with Crippen LogP contribution in [-0.2, 0) is 4.79 Å². The Kier molecular flexibility index (Phi) is 6.96. The summed E-state index contributed by atoms with van der Waals surface area (Å²) in [5.41, 5.74) is 0. The van der Waals surface area contributed by atoms with Crippen LogP contribution in [0.5, 0.6) is 0 Å². The fourth-order valence-electron chi connectivity index (χ4n) is 2.10. The molecule has 0 aromatic rings. The van der Waals surface area contributed by atoms with Crippen molar-refractivity contribution in [1.29, 1.82) is 0 Å². The SMILES string of the molecule is CCCC(Cl)(CC)C(=O)C(Cl)(CC)CCC. The molecule has 0 rings (SSSR count). The lowest BCUT2D eigenvalue weighted by atomic mass is 9.82. The third kappa shape index (κ3) is 3.63. The summed E-state index contributed by atoms with van der Waals surface area (Å²) in [4.78, 5) is 10.9. The van der Waals surface area contributed by atoms with Crippen LogP contribution in [-0.4, -0.2) is 15.5 Å². The Morgan fingerprint density at radius 1 is 0.875 bits per heavy atom. The van der Waals surface area contributed by atoms with Gasteiger partial charge in [0.1, 0.15) is 9.75 Å². The van der Waals surface area contributed by atoms with Gasteiger partial charge in [-0.25, -0.2) is 0 Å². The summed E-state index contributed by atoms with van der Waals surface area (Å²) in [5, 5.41) is 0. The molecule has 0 amide bonds. The minimum absolute atomic E-state index is 0.0250. The number of carbonyl (C=O) groups excluding carboxylic acids is 1. The fraction of sp³-hybridized carbons (Fsp3) is 0.923. The second-order valence-corrected chi connectivity index (χ2v) is 5.91. The Balaban J connectivity index is 4.96. The molecule has 0 fully saturated rings. The van der Waals surface area contributed by atoms with E-state index >= 15 is 0 Å². The van der Waals surface area contributed by atoms with Crippen molar-refractivity contribution in [2.75, 3.05) is 0 Å². The van der Waals surface area contributed by atoms with Crippen molar-refractivity contribution < 1.29 is 4.79 Å². The van der Waals surface area contributed by atoms with E-state index in [1.807, 2.05) is 27.7 Å². The molecule has 96 valence electrons. The summed E-state index contributed by atoms with van der Waals surface area (Å²) in [6.07, 6.45) is 4.54. The quantitative estimate of drug-likeness (QED) is 0.570. The lowest BCUT2D eigenvalue weighted by Gasteiger charge is -2.33. The predicted octanol–water partition coefficient (Wildman–Crippen LogP) is 4.93. The molecule has 0 aliphatic carbocycles. The van der Waals surface area contributed by atoms with Gasteiger partial charge >= 0.3 is 0 Å². The summed E-state index contributed by atoms with van der Waals surface area (Å²) in [7, 11) is 0. The molecule has 0 aromatic heterocycles. The maximum atomic E-state index is 12.5. The van der Waals surface area contributed by atoms with E-state index in [-0.39, 0.29) is 5.78 Å². The van der Waals surface area contributed by atoms with E-state index in [0.717, 1.165) is 12.8 Å². The van der Waals surface area contributed by atoms with Crippen LogP contribution in [0.3, 0.4) is 0 Å². The van der Waals surface area contributed by atoms with Crippen molar-refractivity contribution in [2.24, 2.45) is 0 Å². The molecule has 2 atom stereocenters. The zero-order valence-electron chi connectivity index (χ0n) is 10.9. The van der Waals surface area contributed by atoms with E-state index in [0.29, 0.717) is 25.7 Å². The molecular weight excluding hydrogens is 243 g/mol. The van der Waals surface area contributed by atoms with Crippen LogP contribution >= 0.6 is 23.2 Å². The number of carbonyl (C=O) groups is 1. The molecule has 16 heavy (non-hydrogen) atoms. The number of halogens is 2. The van der Waals surface area contributed by atoms with Gasteiger partial charge in [-0.05, 0) is 25.7 Å². The topological polar surface area (TPSA) is 17.1 Å². The molecule has 0 bridgehead atoms. The number of alkyl halides is 2. The lowest BCUT2D eigenvalue weighted by molar-refractivity contribution is -0.124. The highest BCUT2D eigenvalue weighted by atomic mass is 35.5. The zero-order valence-corrected chi connectivity index (χ0v) is 12.4. The van der Waals surface area contributed by atoms with Gasteiger partial charge in [-0.3, -0.25) is 4.79 Å². The van der Waals surface area contributed by atoms with Crippen LogP contribution in [0, 0.1) is 0 Å². The van der Waals surface area contributed by atoms with Crippen LogP contribution in [0.25, 0.3) is 0 Å². The van der Waals surface area contributed by atoms with E-state index in [9.17, 15) is 4.79 Å². The van der Waals surface area contributed by atoms with E-state index in [1.165, 1.54) is 0 Å². The first-order valence-corrected chi connectivity index (χ1v) is 7.08. The van der Waals surface area contributed by atoms with Crippen molar-refractivity contribution in [2.45, 2.75) is 76.0 Å². The average molecular weight is 267 g/mol. The summed E-state index contributed by atoms with van der Waals surface area (Å²) < 4.78 is 0. The third-order valence-corrected chi connectivity index (χ3v) is 4.48. The summed E-state index contributed by atoms with van der Waals surface area (Å²) >= 11 is 12.9. The monoisotopic (exact) mass is 266 g/mol. The van der Waals surface area contributed by atoms with Crippen LogP contribution < -0.4 is 0 Å². The highest BCUT2D eigenvalue weighted by molar-refractivity contribution is 6.45. The van der Waals surface area contributed by atoms with E-state index in [1.54, 1.807) is 0 Å². The third-order valence-electron chi connectivity index (χ3n) is 3.23. The van der Waals surface area contributed by atoms with Crippen molar-refractivity contribution in [3.05, 3.63) is 0 Å². The largest absolute Gasteiger partial charge is 0.296 e. The molecule has 2 unspecified atom stereocenters. The smallest absolute Gasteiger partial charge is 0.174 e. The van der Waals surface area contributed by atoms with Crippen LogP contribution in [0.15, 0.2) is 0 Å². The number of ketones is 1. The Morgan fingerprint density at radius 2 is 1.19 bits per heavy atom. The second-order valence-electron chi connectivity index (χ2n) is 4.47. The Labute approximate surface area is 110 Å². The van der Waals surface area contributed by atoms with Crippen LogP contribution in [0.4, 0.5) is 0 Å². The zero-order chi connectivity index (χ0) is 12.8. The molecular formula is C13H24Cl2O. The fourth-order valence-corrected chi connectivity index (χ4v) is 2.88. The molecule has 0 aromatic carbocycles. The maximum Gasteiger partial charge on any atom is 0.174 e. The predicted molar refractivity (Wildman–Crippen MR) is 72.6 cm³/mol. The van der Waals surface area contributed by atoms with Crippen molar-refractivity contribution in [3.63, 3.8) is 0 Å². The standard InChI is InChI=1S/C13H24Cl2O/c1-5-9-12(14,7-3)11(16)13(15,8-4)10-6-2/h5-10H2,1-4H3. The summed E-state index contributed by atoms with van der Waals surface area (Å²) in [6, 6.07) is 0. The number of hydrogen-bond acceptors (Lipinski definition) is 1. The summed E-state index contributed by atoms with van der Waals surface area (Å²) in [5.74, 6) is 0.0250. The van der Waals surface area contributed by atoms with Crippen molar-refractivity contribution in [1.82, 2.24) is 0 Å². The van der Waals surface area contributed by atoms with E-state index < -0.39 is 9.75 Å². The number of hydrogen-bond donors (Lipinski definition) is 0. The second kappa shape index (κ2) is 6.86. The maximum absolute atomic E-state index is 12.5. The molecule has 0 aliphatic heterocycles. The molecule has 0 aliphatic rings. The van der Waals surface area contributed by atoms with E-state index in [4.69, 9.17) is 23.2 Å². The van der Waals surface area contributed by atoms with Gasteiger partial charge < -0.3 is 0 Å². The van der Waals surface area contributed by atoms with E-state index in [2.05, 4.69) is 0 Å². The molecule has 0 N–H and O–H groups in total. The van der Waals surface area contributed by atoms with Gasteiger partial charge in [0.05, 0.1) is 0 Å². The van der Waals surface area contributed by atoms with Gasteiger partial charge in [0, 0.05) is 0 Å². The normalized spacial score (nSPS) is 18.9. The van der Waals surface area contributed by atoms with Gasteiger partial charge in [-0.2, -0.15) is 0 Å². The van der Waals surface area contributed by atoms with Gasteiger partial charge in [-0.1, -0.05) is 40.5 Å². The van der Waals surface area contributed by atoms with Gasteiger partial charge in [-0.15, -0.1) is 23.2 Å². The summed E-state index contributed by atoms with van der Waals surface area (Å²) in [6.45, 7) is 8.00. The Hall–Kier alpha value is 0.250. The Bertz CT molecular complexity index is 208. The first-order chi connectivity index (χ1) is 7.40. The minimum atomic E-state index is -0.762. The highest BCUT2D eigenvalue weighted by Crippen LogP contribution is 2.38. The first kappa shape index (κ1) is 16.2. The average Bonchev–Trinajstić information content (AvgIpc) is 2.28. The highest BCUT2D eigenvalue weighted by Gasteiger charge is 2.45. The molecule has 0 radical (unpaired) electrons. The van der Waals surface area contributed by atoms with Gasteiger partial charge in [0.15, 0.2) is 5.78 Å². The molecule has 3 heteroatoms. The van der Waals surface area contributed by atoms with Crippen LogP contribution in [0.1, 0.15) is 66.2 Å². The molecule has 0 saturated heterocycles. The van der Waals surface area contributed by atoms with Gasteiger partial charge in [0.25, 0.3) is 0 Å². The molecule has 1 nitrogen and oxygen atoms in total. The number of Topliss-reactive ketones (excluding diaryl/α,β-unsaturated/α-hetero) is 1. The first-order valence-electron chi connectivity index (χ1n) is 6.32.